The number of aliphatic hydroxyl groups is 1. The number of aromatic nitrogens is 1. The maximum Gasteiger partial charge on any atom is 0.120 e. The van der Waals surface area contributed by atoms with Gasteiger partial charge in [-0.05, 0) is 73.1 Å². The van der Waals surface area contributed by atoms with E-state index in [1.165, 1.54) is 39.1 Å². The summed E-state index contributed by atoms with van der Waals surface area (Å²) in [6.07, 6.45) is 4.98. The number of halogens is 1. The molecule has 0 bridgehead atoms. The van der Waals surface area contributed by atoms with Gasteiger partial charge in [0.25, 0.3) is 0 Å². The minimum atomic E-state index is -0.452. The molecular weight excluding hydrogens is 503 g/mol. The number of hydrogen-bond donors (Lipinski definition) is 1. The largest absolute Gasteiger partial charge is 0.377 e. The average Bonchev–Trinajstić information content (AvgIpc) is 3.10. The Hall–Kier alpha value is -2.64. The van der Waals surface area contributed by atoms with E-state index in [1.807, 2.05) is 6.07 Å². The number of para-hydroxylation sites is 1. The molecule has 5 nitrogen and oxygen atoms in total. The van der Waals surface area contributed by atoms with Crippen molar-refractivity contribution >= 4 is 36.2 Å². The van der Waals surface area contributed by atoms with Gasteiger partial charge in [-0.25, -0.2) is 0 Å². The van der Waals surface area contributed by atoms with Crippen LogP contribution in [0.2, 0.25) is 5.02 Å². The lowest BCUT2D eigenvalue weighted by molar-refractivity contribution is -0.0258. The van der Waals surface area contributed by atoms with E-state index < -0.39 is 6.23 Å². The number of likely N-dealkylation sites (tertiary alicyclic amines) is 1. The van der Waals surface area contributed by atoms with Gasteiger partial charge in [0, 0.05) is 68.3 Å². The number of pyridine rings is 1. The molecule has 3 aliphatic rings. The quantitative estimate of drug-likeness (QED) is 0.509. The summed E-state index contributed by atoms with van der Waals surface area (Å²) in [5.41, 5.74) is 10.8. The van der Waals surface area contributed by atoms with E-state index in [-0.39, 0.29) is 0 Å². The van der Waals surface area contributed by atoms with Crippen LogP contribution in [0, 0.1) is 6.92 Å². The van der Waals surface area contributed by atoms with Crippen LogP contribution in [0.1, 0.15) is 40.8 Å². The van der Waals surface area contributed by atoms with Gasteiger partial charge in [0.2, 0.25) is 0 Å². The van der Waals surface area contributed by atoms with Crippen molar-refractivity contribution in [2.75, 3.05) is 50.7 Å². The lowest BCUT2D eigenvalue weighted by atomic mass is 9.87. The van der Waals surface area contributed by atoms with Crippen molar-refractivity contribution in [2.45, 2.75) is 38.8 Å². The molecule has 200 valence electrons. The number of hydrogen-bond acceptors (Lipinski definition) is 5. The Morgan fingerprint density at radius 2 is 1.67 bits per heavy atom. The van der Waals surface area contributed by atoms with E-state index in [9.17, 15) is 5.11 Å². The minimum absolute atomic E-state index is 0.452. The second-order valence-electron chi connectivity index (χ2n) is 11.1. The molecule has 1 N–H and O–H groups in total. The summed E-state index contributed by atoms with van der Waals surface area (Å²) in [6, 6.07) is 16.9. The molecule has 2 saturated heterocycles. The molecule has 2 aliphatic heterocycles. The minimum Gasteiger partial charge on any atom is -0.377 e. The zero-order valence-corrected chi connectivity index (χ0v) is 23.5. The molecule has 1 aliphatic carbocycles. The van der Waals surface area contributed by atoms with Crippen LogP contribution >= 0.6 is 11.6 Å². The van der Waals surface area contributed by atoms with E-state index >= 15 is 0 Å². The average molecular weight is 539 g/mol. The molecular formula is C32H36BClN4O. The lowest BCUT2D eigenvalue weighted by Gasteiger charge is -2.40. The molecule has 6 rings (SSSR count). The highest BCUT2D eigenvalue weighted by Gasteiger charge is 2.29. The molecule has 1 unspecified atom stereocenters. The summed E-state index contributed by atoms with van der Waals surface area (Å²) < 4.78 is 0. The second kappa shape index (κ2) is 11.5. The van der Waals surface area contributed by atoms with Crippen LogP contribution in [0.15, 0.2) is 60.3 Å². The lowest BCUT2D eigenvalue weighted by Crippen LogP contribution is -2.52. The highest BCUT2D eigenvalue weighted by molar-refractivity contribution is 6.32. The normalized spacial score (nSPS) is 19.4. The van der Waals surface area contributed by atoms with E-state index in [1.54, 1.807) is 6.20 Å². The van der Waals surface area contributed by atoms with Crippen molar-refractivity contribution < 1.29 is 5.11 Å². The fraction of sp³-hybridized carbons (Fsp3) is 0.406. The molecule has 0 spiro atoms. The smallest absolute Gasteiger partial charge is 0.120 e. The predicted octanol–water partition coefficient (Wildman–Crippen LogP) is 3.97. The number of piperidine rings is 1. The molecule has 1 aromatic heterocycles. The zero-order chi connectivity index (χ0) is 26.9. The monoisotopic (exact) mass is 538 g/mol. The molecule has 1 atom stereocenters. The first kappa shape index (κ1) is 26.6. The predicted molar refractivity (Wildman–Crippen MR) is 161 cm³/mol. The maximum absolute atomic E-state index is 11.2. The van der Waals surface area contributed by atoms with Crippen molar-refractivity contribution in [2.24, 2.45) is 0 Å². The molecule has 3 heterocycles. The van der Waals surface area contributed by atoms with Gasteiger partial charge in [-0.3, -0.25) is 14.8 Å². The van der Waals surface area contributed by atoms with Crippen LogP contribution in [0.4, 0.5) is 5.69 Å². The number of β-amino-alcohol motifs (C(OH)–C–C–N with tert-alkyl or cyclic N) is 1. The molecule has 7 heteroatoms. The first-order valence-electron chi connectivity index (χ1n) is 14.2. The van der Waals surface area contributed by atoms with Crippen molar-refractivity contribution in [3.05, 3.63) is 93.3 Å². The van der Waals surface area contributed by atoms with Crippen LogP contribution in [0.25, 0.3) is 5.57 Å². The fourth-order valence-electron chi connectivity index (χ4n) is 6.49. The van der Waals surface area contributed by atoms with Gasteiger partial charge in [0.1, 0.15) is 14.1 Å². The highest BCUT2D eigenvalue weighted by atomic mass is 35.5. The molecule has 3 aromatic rings. The standard InChI is InChI=1S/C32H36BClN4O/c1-22-4-2-3-5-29(22)37-16-14-36(15-17-37)21-30(39)38-12-10-23(11-13-38)31-28-9-8-27(34)19-24(28)6-7-25-18-26(33)20-35-32(25)31/h2-5,8-9,18-20,30,39H,6-7,10-17,21H2,1H3. The molecule has 2 radical (unpaired) electrons. The fourth-order valence-corrected chi connectivity index (χ4v) is 6.68. The molecule has 0 saturated carbocycles. The van der Waals surface area contributed by atoms with Crippen molar-refractivity contribution in [1.82, 2.24) is 14.8 Å². The van der Waals surface area contributed by atoms with E-state index in [0.29, 0.717) is 12.0 Å². The van der Waals surface area contributed by atoms with E-state index in [4.69, 9.17) is 24.4 Å². The third kappa shape index (κ3) is 5.66. The number of rotatable bonds is 4. The first-order valence-corrected chi connectivity index (χ1v) is 14.5. The third-order valence-electron chi connectivity index (χ3n) is 8.65. The summed E-state index contributed by atoms with van der Waals surface area (Å²) >= 11 is 6.39. The Morgan fingerprint density at radius 3 is 2.44 bits per heavy atom. The van der Waals surface area contributed by atoms with E-state index in [2.05, 4.69) is 64.1 Å². The SMILES string of the molecule is [B]c1cnc2c(c1)CCc1cc(Cl)ccc1C2=C1CCN(C(O)CN2CCN(c3ccccc3C)CC2)CC1. The molecule has 2 fully saturated rings. The Labute approximate surface area is 238 Å². The van der Waals surface area contributed by atoms with Crippen molar-refractivity contribution in [3.63, 3.8) is 0 Å². The number of fused-ring (bicyclic) bond motifs is 2. The Kier molecular flexibility index (Phi) is 7.81. The van der Waals surface area contributed by atoms with Crippen LogP contribution in [0.3, 0.4) is 0 Å². The number of nitrogens with zero attached hydrogens (tertiary/aromatic N) is 4. The Bertz CT molecular complexity index is 1320. The van der Waals surface area contributed by atoms with Crippen LogP contribution < -0.4 is 10.4 Å². The van der Waals surface area contributed by atoms with Crippen LogP contribution in [-0.2, 0) is 12.8 Å². The number of piperazine rings is 1. The summed E-state index contributed by atoms with van der Waals surface area (Å²) in [5.74, 6) is 0. The van der Waals surface area contributed by atoms with Gasteiger partial charge in [-0.1, -0.05) is 53.0 Å². The van der Waals surface area contributed by atoms with Crippen molar-refractivity contribution in [1.29, 1.82) is 0 Å². The van der Waals surface area contributed by atoms with Gasteiger partial charge in [0.15, 0.2) is 0 Å². The van der Waals surface area contributed by atoms with E-state index in [0.717, 1.165) is 75.7 Å². The Morgan fingerprint density at radius 1 is 0.923 bits per heavy atom. The van der Waals surface area contributed by atoms with Gasteiger partial charge in [-0.2, -0.15) is 0 Å². The number of anilines is 1. The van der Waals surface area contributed by atoms with Gasteiger partial charge >= 0.3 is 0 Å². The van der Waals surface area contributed by atoms with Gasteiger partial charge in [-0.15, -0.1) is 0 Å². The topological polar surface area (TPSA) is 42.8 Å². The number of aryl methyl sites for hydroxylation is 3. The summed E-state index contributed by atoms with van der Waals surface area (Å²) in [7, 11) is 6.12. The van der Waals surface area contributed by atoms with Gasteiger partial charge < -0.3 is 10.0 Å². The zero-order valence-electron chi connectivity index (χ0n) is 22.7. The summed E-state index contributed by atoms with van der Waals surface area (Å²) in [6.45, 7) is 8.49. The molecule has 0 amide bonds. The summed E-state index contributed by atoms with van der Waals surface area (Å²) in [4.78, 5) is 11.9. The van der Waals surface area contributed by atoms with Gasteiger partial charge in [0.05, 0.1) is 5.69 Å². The van der Waals surface area contributed by atoms with Crippen molar-refractivity contribution in [3.8, 4) is 0 Å². The summed E-state index contributed by atoms with van der Waals surface area (Å²) in [5, 5.41) is 12.0. The molecule has 2 aromatic carbocycles. The van der Waals surface area contributed by atoms with Crippen LogP contribution in [-0.4, -0.2) is 79.8 Å². The number of benzene rings is 2. The highest BCUT2D eigenvalue weighted by Crippen LogP contribution is 2.38. The Balaban J connectivity index is 1.14. The maximum atomic E-state index is 11.2. The third-order valence-corrected chi connectivity index (χ3v) is 8.89. The molecule has 39 heavy (non-hydrogen) atoms. The second-order valence-corrected chi connectivity index (χ2v) is 11.6. The number of aliphatic hydroxyl groups excluding tert-OH is 1. The van der Waals surface area contributed by atoms with Crippen LogP contribution in [0.5, 0.6) is 0 Å². The first-order chi connectivity index (χ1) is 19.0.